The molecule has 0 spiro atoms. The Morgan fingerprint density at radius 3 is 2.24 bits per heavy atom. The topological polar surface area (TPSA) is 93.1 Å². The molecule has 1 heterocycles. The lowest BCUT2D eigenvalue weighted by atomic mass is 10.1. The van der Waals surface area contributed by atoms with E-state index in [1.165, 1.54) is 10.2 Å². The van der Waals surface area contributed by atoms with Gasteiger partial charge in [-0.05, 0) is 37.0 Å². The third-order valence-corrected chi connectivity index (χ3v) is 4.77. The summed E-state index contributed by atoms with van der Waals surface area (Å²) in [5, 5.41) is 5.01. The average molecular weight is 392 g/mol. The lowest BCUT2D eigenvalue weighted by Crippen LogP contribution is -2.42. The van der Waals surface area contributed by atoms with Crippen molar-refractivity contribution in [1.29, 1.82) is 0 Å². The fourth-order valence-electron chi connectivity index (χ4n) is 3.06. The Morgan fingerprint density at radius 2 is 1.59 bits per heavy atom. The van der Waals surface area contributed by atoms with Crippen molar-refractivity contribution in [2.45, 2.75) is 39.7 Å². The van der Waals surface area contributed by atoms with Crippen LogP contribution in [-0.4, -0.2) is 21.6 Å². The molecule has 0 saturated carbocycles. The van der Waals surface area contributed by atoms with E-state index >= 15 is 0 Å². The van der Waals surface area contributed by atoms with Crippen molar-refractivity contribution in [3.63, 3.8) is 0 Å². The van der Waals surface area contributed by atoms with E-state index in [-0.39, 0.29) is 23.6 Å². The zero-order valence-electron chi connectivity index (χ0n) is 16.6. The molecule has 0 saturated heterocycles. The zero-order chi connectivity index (χ0) is 20.8. The van der Waals surface area contributed by atoms with Crippen LogP contribution in [0.15, 0.2) is 53.3 Å². The Bertz CT molecular complexity index is 1090. The summed E-state index contributed by atoms with van der Waals surface area (Å²) < 4.78 is 1.24. The largest absolute Gasteiger partial charge is 0.290 e. The van der Waals surface area contributed by atoms with Gasteiger partial charge in [0.15, 0.2) is 5.69 Å². The predicted molar refractivity (Wildman–Crippen MR) is 111 cm³/mol. The summed E-state index contributed by atoms with van der Waals surface area (Å²) in [4.78, 5) is 37.1. The average Bonchev–Trinajstić information content (AvgIpc) is 2.76. The van der Waals surface area contributed by atoms with Crippen molar-refractivity contribution >= 4 is 22.6 Å². The van der Waals surface area contributed by atoms with Gasteiger partial charge in [0.25, 0.3) is 11.5 Å². The summed E-state index contributed by atoms with van der Waals surface area (Å²) in [5.74, 6) is -0.866. The molecule has 0 atom stereocenters. The van der Waals surface area contributed by atoms with Gasteiger partial charge in [-0.25, -0.2) is 4.68 Å². The van der Waals surface area contributed by atoms with Gasteiger partial charge in [0, 0.05) is 18.4 Å². The van der Waals surface area contributed by atoms with Crippen LogP contribution in [0.3, 0.4) is 0 Å². The molecule has 0 unspecified atom stereocenters. The number of nitrogens with one attached hydrogen (secondary N) is 2. The minimum Gasteiger partial charge on any atom is -0.273 e. The monoisotopic (exact) mass is 392 g/mol. The smallest absolute Gasteiger partial charge is 0.273 e. The minimum atomic E-state index is -0.566. The van der Waals surface area contributed by atoms with Crippen LogP contribution in [0.1, 0.15) is 41.9 Å². The molecule has 3 rings (SSSR count). The Balaban J connectivity index is 1.65. The van der Waals surface area contributed by atoms with Gasteiger partial charge < -0.3 is 0 Å². The number of hydrazine groups is 1. The van der Waals surface area contributed by atoms with Crippen LogP contribution in [-0.2, 0) is 24.2 Å². The second-order valence-electron chi connectivity index (χ2n) is 6.69. The van der Waals surface area contributed by atoms with Crippen LogP contribution in [0.25, 0.3) is 10.8 Å². The normalized spacial score (nSPS) is 10.7. The Hall–Kier alpha value is -3.48. The molecule has 3 aromatic rings. The zero-order valence-corrected chi connectivity index (χ0v) is 16.6. The number of nitrogens with zero attached hydrogens (tertiary/aromatic N) is 2. The number of fused-ring (bicyclic) bond motifs is 1. The number of carbonyl (C=O) groups excluding carboxylic acids is 2. The molecule has 0 aliphatic rings. The molecule has 2 N–H and O–H groups in total. The maximum absolute atomic E-state index is 12.6. The van der Waals surface area contributed by atoms with Gasteiger partial charge in [-0.2, -0.15) is 5.10 Å². The number of hydrogen-bond acceptors (Lipinski definition) is 4. The quantitative estimate of drug-likeness (QED) is 0.630. The summed E-state index contributed by atoms with van der Waals surface area (Å²) in [6, 6.07) is 14.9. The van der Waals surface area contributed by atoms with E-state index in [0.29, 0.717) is 23.7 Å². The van der Waals surface area contributed by atoms with Gasteiger partial charge in [0.2, 0.25) is 5.91 Å². The number of carbonyl (C=O) groups is 2. The Morgan fingerprint density at radius 1 is 0.931 bits per heavy atom. The number of benzene rings is 2. The van der Waals surface area contributed by atoms with Crippen molar-refractivity contribution in [1.82, 2.24) is 20.6 Å². The SMILES string of the molecule is CCc1ccc(CCC(=O)NNC(=O)c2nn(CC)c(=O)c3ccccc23)cc1. The first-order valence-electron chi connectivity index (χ1n) is 9.70. The van der Waals surface area contributed by atoms with Gasteiger partial charge in [0.05, 0.1) is 5.39 Å². The summed E-state index contributed by atoms with van der Waals surface area (Å²) in [6.07, 6.45) is 1.79. The van der Waals surface area contributed by atoms with E-state index in [9.17, 15) is 14.4 Å². The highest BCUT2D eigenvalue weighted by molar-refractivity contribution is 6.05. The number of aryl methyl sites for hydroxylation is 3. The molecule has 2 aromatic carbocycles. The lowest BCUT2D eigenvalue weighted by molar-refractivity contribution is -0.121. The summed E-state index contributed by atoms with van der Waals surface area (Å²) in [6.45, 7) is 4.21. The highest BCUT2D eigenvalue weighted by atomic mass is 16.2. The number of hydrogen-bond donors (Lipinski definition) is 2. The summed E-state index contributed by atoms with van der Waals surface area (Å²) in [5.41, 5.74) is 6.98. The Kier molecular flexibility index (Phi) is 6.39. The van der Waals surface area contributed by atoms with Crippen LogP contribution >= 0.6 is 0 Å². The van der Waals surface area contributed by atoms with Crippen molar-refractivity contribution < 1.29 is 9.59 Å². The summed E-state index contributed by atoms with van der Waals surface area (Å²) in [7, 11) is 0. The molecule has 2 amide bonds. The molecule has 7 nitrogen and oxygen atoms in total. The summed E-state index contributed by atoms with van der Waals surface area (Å²) >= 11 is 0. The number of amides is 2. The van der Waals surface area contributed by atoms with Crippen LogP contribution in [0.2, 0.25) is 0 Å². The predicted octanol–water partition coefficient (Wildman–Crippen LogP) is 2.37. The van der Waals surface area contributed by atoms with E-state index in [0.717, 1.165) is 12.0 Å². The molecule has 0 bridgehead atoms. The van der Waals surface area contributed by atoms with E-state index < -0.39 is 5.91 Å². The number of aromatic nitrogens is 2. The molecule has 0 radical (unpaired) electrons. The molecule has 0 aliphatic heterocycles. The van der Waals surface area contributed by atoms with Gasteiger partial charge in [-0.1, -0.05) is 49.4 Å². The molecule has 0 aliphatic carbocycles. The van der Waals surface area contributed by atoms with Crippen molar-refractivity contribution in [2.75, 3.05) is 0 Å². The molecular formula is C22H24N4O3. The molecule has 29 heavy (non-hydrogen) atoms. The molecule has 7 heteroatoms. The fourth-order valence-corrected chi connectivity index (χ4v) is 3.06. The number of rotatable bonds is 6. The minimum absolute atomic E-state index is 0.0949. The first kappa shape index (κ1) is 20.3. The second kappa shape index (κ2) is 9.14. The van der Waals surface area contributed by atoms with Crippen molar-refractivity contribution in [2.24, 2.45) is 0 Å². The van der Waals surface area contributed by atoms with Gasteiger partial charge >= 0.3 is 0 Å². The molecule has 0 fully saturated rings. The molecule has 1 aromatic heterocycles. The second-order valence-corrected chi connectivity index (χ2v) is 6.69. The van der Waals surface area contributed by atoms with Crippen LogP contribution in [0.5, 0.6) is 0 Å². The molecule has 150 valence electrons. The van der Waals surface area contributed by atoms with E-state index in [1.807, 2.05) is 12.1 Å². The third kappa shape index (κ3) is 4.68. The van der Waals surface area contributed by atoms with Crippen molar-refractivity contribution in [3.8, 4) is 0 Å². The van der Waals surface area contributed by atoms with Gasteiger partial charge in [-0.15, -0.1) is 0 Å². The first-order chi connectivity index (χ1) is 14.0. The van der Waals surface area contributed by atoms with E-state index in [2.05, 4.69) is 35.0 Å². The highest BCUT2D eigenvalue weighted by Gasteiger charge is 2.16. The van der Waals surface area contributed by atoms with Crippen LogP contribution < -0.4 is 16.4 Å². The maximum Gasteiger partial charge on any atom is 0.290 e. The Labute approximate surface area is 168 Å². The van der Waals surface area contributed by atoms with Crippen molar-refractivity contribution in [3.05, 3.63) is 75.7 Å². The van der Waals surface area contributed by atoms with E-state index in [4.69, 9.17) is 0 Å². The maximum atomic E-state index is 12.6. The van der Waals surface area contributed by atoms with Gasteiger partial charge in [0.1, 0.15) is 0 Å². The lowest BCUT2D eigenvalue weighted by Gasteiger charge is -2.11. The van der Waals surface area contributed by atoms with Crippen LogP contribution in [0, 0.1) is 0 Å². The van der Waals surface area contributed by atoms with Crippen LogP contribution in [0.4, 0.5) is 0 Å². The fraction of sp³-hybridized carbons (Fsp3) is 0.273. The third-order valence-electron chi connectivity index (χ3n) is 4.77. The van der Waals surface area contributed by atoms with Gasteiger partial charge in [-0.3, -0.25) is 25.2 Å². The standard InChI is InChI=1S/C22H24N4O3/c1-3-15-9-11-16(12-10-15)13-14-19(27)23-24-21(28)20-17-7-5-6-8-18(17)22(29)26(4-2)25-20/h5-12H,3-4,13-14H2,1-2H3,(H,23,27)(H,24,28). The highest BCUT2D eigenvalue weighted by Crippen LogP contribution is 2.13. The first-order valence-corrected chi connectivity index (χ1v) is 9.70. The van der Waals surface area contributed by atoms with E-state index in [1.54, 1.807) is 31.2 Å². The molecular weight excluding hydrogens is 368 g/mol.